The number of piperidine rings is 1. The molecule has 4 nitrogen and oxygen atoms in total. The Labute approximate surface area is 117 Å². The van der Waals surface area contributed by atoms with Gasteiger partial charge in [-0.2, -0.15) is 0 Å². The molecule has 2 rings (SSSR count). The maximum Gasteiger partial charge on any atom is 0.303 e. The van der Waals surface area contributed by atoms with Gasteiger partial charge in [-0.25, -0.2) is 0 Å². The molecule has 1 aromatic rings. The van der Waals surface area contributed by atoms with Crippen molar-refractivity contribution in [2.45, 2.75) is 33.1 Å². The topological polar surface area (TPSA) is 57.6 Å². The minimum atomic E-state index is -0.742. The number of carbonyl (C=O) groups is 2. The minimum Gasteiger partial charge on any atom is -0.481 e. The first-order chi connectivity index (χ1) is 8.97. The van der Waals surface area contributed by atoms with E-state index < -0.39 is 5.97 Å². The van der Waals surface area contributed by atoms with Gasteiger partial charge >= 0.3 is 5.97 Å². The van der Waals surface area contributed by atoms with Gasteiger partial charge in [-0.15, -0.1) is 11.3 Å². The van der Waals surface area contributed by atoms with Crippen molar-refractivity contribution >= 4 is 23.2 Å². The Balaban J connectivity index is 1.96. The lowest BCUT2D eigenvalue weighted by molar-refractivity contribution is -0.138. The van der Waals surface area contributed by atoms with Gasteiger partial charge in [0, 0.05) is 29.3 Å². The van der Waals surface area contributed by atoms with Crippen molar-refractivity contribution in [1.82, 2.24) is 4.90 Å². The predicted molar refractivity (Wildman–Crippen MR) is 74.7 cm³/mol. The zero-order valence-electron chi connectivity index (χ0n) is 11.3. The fourth-order valence-corrected chi connectivity index (χ4v) is 3.52. The van der Waals surface area contributed by atoms with E-state index in [2.05, 4.69) is 0 Å². The number of carboxylic acid groups (broad SMARTS) is 1. The highest BCUT2D eigenvalue weighted by atomic mass is 32.1. The lowest BCUT2D eigenvalue weighted by atomic mass is 9.93. The van der Waals surface area contributed by atoms with Crippen LogP contribution >= 0.6 is 11.3 Å². The summed E-state index contributed by atoms with van der Waals surface area (Å²) in [5.41, 5.74) is 0.805. The molecule has 0 atom stereocenters. The molecule has 19 heavy (non-hydrogen) atoms. The first kappa shape index (κ1) is 14.1. The predicted octanol–water partition coefficient (Wildman–Crippen LogP) is 2.69. The molecule has 1 aromatic heterocycles. The fourth-order valence-electron chi connectivity index (χ4n) is 2.60. The number of carboxylic acids is 1. The summed E-state index contributed by atoms with van der Waals surface area (Å²) in [6.07, 6.45) is 1.80. The van der Waals surface area contributed by atoms with E-state index in [4.69, 9.17) is 5.11 Å². The Kier molecular flexibility index (Phi) is 4.24. The Morgan fingerprint density at radius 2 is 2.00 bits per heavy atom. The summed E-state index contributed by atoms with van der Waals surface area (Å²) in [5, 5.41) is 8.78. The van der Waals surface area contributed by atoms with Gasteiger partial charge in [0.05, 0.1) is 5.56 Å². The molecule has 1 aliphatic heterocycles. The van der Waals surface area contributed by atoms with Crippen molar-refractivity contribution in [3.63, 3.8) is 0 Å². The van der Waals surface area contributed by atoms with Crippen molar-refractivity contribution in [3.8, 4) is 0 Å². The lowest BCUT2D eigenvalue weighted by Crippen LogP contribution is -2.39. The third-order valence-electron chi connectivity index (χ3n) is 3.64. The normalized spacial score (nSPS) is 16.6. The van der Waals surface area contributed by atoms with Gasteiger partial charge in [0.1, 0.15) is 0 Å². The molecular formula is C14H19NO3S. The number of aliphatic carboxylic acids is 1. The van der Waals surface area contributed by atoms with E-state index in [0.717, 1.165) is 28.2 Å². The van der Waals surface area contributed by atoms with Crippen LogP contribution in [0.5, 0.6) is 0 Å². The average molecular weight is 281 g/mol. The molecule has 1 N–H and O–H groups in total. The van der Waals surface area contributed by atoms with E-state index in [1.165, 1.54) is 0 Å². The second-order valence-corrected chi connectivity index (χ2v) is 6.62. The average Bonchev–Trinajstić information content (AvgIpc) is 2.68. The van der Waals surface area contributed by atoms with Gasteiger partial charge in [0.15, 0.2) is 0 Å². The van der Waals surface area contributed by atoms with E-state index in [0.29, 0.717) is 13.1 Å². The molecule has 0 bridgehead atoms. The summed E-state index contributed by atoms with van der Waals surface area (Å²) in [5.74, 6) is -0.434. The summed E-state index contributed by atoms with van der Waals surface area (Å²) >= 11 is 1.65. The smallest absolute Gasteiger partial charge is 0.303 e. The number of aryl methyl sites for hydroxylation is 2. The highest BCUT2D eigenvalue weighted by Crippen LogP contribution is 2.25. The summed E-state index contributed by atoms with van der Waals surface area (Å²) in [6, 6.07) is 1.95. The summed E-state index contributed by atoms with van der Waals surface area (Å²) in [7, 11) is 0. The van der Waals surface area contributed by atoms with Crippen molar-refractivity contribution in [1.29, 1.82) is 0 Å². The van der Waals surface area contributed by atoms with Crippen molar-refractivity contribution in [3.05, 3.63) is 21.4 Å². The Morgan fingerprint density at radius 1 is 1.37 bits per heavy atom. The van der Waals surface area contributed by atoms with Crippen LogP contribution in [0.4, 0.5) is 0 Å². The molecule has 1 aliphatic rings. The van der Waals surface area contributed by atoms with E-state index in [1.807, 2.05) is 24.8 Å². The zero-order valence-corrected chi connectivity index (χ0v) is 12.1. The lowest BCUT2D eigenvalue weighted by Gasteiger charge is -2.31. The molecule has 0 unspecified atom stereocenters. The van der Waals surface area contributed by atoms with Crippen LogP contribution in [0.2, 0.25) is 0 Å². The standard InChI is InChI=1S/C14H19NO3S/c1-9-7-12(10(2)19-9)14(18)15-5-3-11(4-6-15)8-13(16)17/h7,11H,3-6,8H2,1-2H3,(H,16,17). The van der Waals surface area contributed by atoms with Crippen LogP contribution in [0.15, 0.2) is 6.07 Å². The maximum atomic E-state index is 12.4. The molecule has 0 spiro atoms. The van der Waals surface area contributed by atoms with E-state index >= 15 is 0 Å². The molecule has 0 aliphatic carbocycles. The van der Waals surface area contributed by atoms with Gasteiger partial charge in [0.25, 0.3) is 5.91 Å². The van der Waals surface area contributed by atoms with Crippen LogP contribution in [0, 0.1) is 19.8 Å². The molecule has 0 aromatic carbocycles. The van der Waals surface area contributed by atoms with Gasteiger partial charge in [0.2, 0.25) is 0 Å². The zero-order chi connectivity index (χ0) is 14.0. The molecule has 2 heterocycles. The van der Waals surface area contributed by atoms with E-state index in [9.17, 15) is 9.59 Å². The number of nitrogens with zero attached hydrogens (tertiary/aromatic N) is 1. The van der Waals surface area contributed by atoms with Crippen LogP contribution in [0.3, 0.4) is 0 Å². The molecular weight excluding hydrogens is 262 g/mol. The van der Waals surface area contributed by atoms with Gasteiger partial charge in [-0.1, -0.05) is 0 Å². The number of likely N-dealkylation sites (tertiary alicyclic amines) is 1. The number of carbonyl (C=O) groups excluding carboxylic acids is 1. The van der Waals surface area contributed by atoms with Gasteiger partial charge in [-0.05, 0) is 38.7 Å². The van der Waals surface area contributed by atoms with Crippen molar-refractivity contribution in [2.75, 3.05) is 13.1 Å². The first-order valence-electron chi connectivity index (χ1n) is 6.55. The largest absolute Gasteiger partial charge is 0.481 e. The second kappa shape index (κ2) is 5.74. The SMILES string of the molecule is Cc1cc(C(=O)N2CCC(CC(=O)O)CC2)c(C)s1. The van der Waals surface area contributed by atoms with Gasteiger partial charge in [-0.3, -0.25) is 9.59 Å². The Bertz CT molecular complexity index is 487. The Hall–Kier alpha value is -1.36. The molecule has 1 amide bonds. The summed E-state index contributed by atoms with van der Waals surface area (Å²) < 4.78 is 0. The van der Waals surface area contributed by atoms with Crippen LogP contribution in [0.25, 0.3) is 0 Å². The molecule has 5 heteroatoms. The molecule has 0 saturated carbocycles. The first-order valence-corrected chi connectivity index (χ1v) is 7.37. The molecule has 104 valence electrons. The van der Waals surface area contributed by atoms with E-state index in [-0.39, 0.29) is 18.2 Å². The minimum absolute atomic E-state index is 0.0932. The fraction of sp³-hybridized carbons (Fsp3) is 0.571. The Morgan fingerprint density at radius 3 is 2.47 bits per heavy atom. The number of hydrogen-bond donors (Lipinski definition) is 1. The third-order valence-corrected chi connectivity index (χ3v) is 4.60. The quantitative estimate of drug-likeness (QED) is 0.926. The molecule has 1 saturated heterocycles. The highest BCUT2D eigenvalue weighted by molar-refractivity contribution is 7.12. The molecule has 1 fully saturated rings. The maximum absolute atomic E-state index is 12.4. The molecule has 0 radical (unpaired) electrons. The summed E-state index contributed by atoms with van der Waals surface area (Å²) in [4.78, 5) is 27.1. The van der Waals surface area contributed by atoms with Crippen LogP contribution in [-0.4, -0.2) is 35.0 Å². The highest BCUT2D eigenvalue weighted by Gasteiger charge is 2.26. The van der Waals surface area contributed by atoms with Crippen LogP contribution in [0.1, 0.15) is 39.4 Å². The second-order valence-electron chi connectivity index (χ2n) is 5.16. The third kappa shape index (κ3) is 3.35. The van der Waals surface area contributed by atoms with Crippen molar-refractivity contribution < 1.29 is 14.7 Å². The number of amides is 1. The van der Waals surface area contributed by atoms with E-state index in [1.54, 1.807) is 11.3 Å². The number of hydrogen-bond acceptors (Lipinski definition) is 3. The van der Waals surface area contributed by atoms with Gasteiger partial charge < -0.3 is 10.0 Å². The van der Waals surface area contributed by atoms with Crippen LogP contribution < -0.4 is 0 Å². The number of thiophene rings is 1. The van der Waals surface area contributed by atoms with Crippen LogP contribution in [-0.2, 0) is 4.79 Å². The monoisotopic (exact) mass is 281 g/mol. The summed E-state index contributed by atoms with van der Waals surface area (Å²) in [6.45, 7) is 5.33. The number of rotatable bonds is 3. The van der Waals surface area contributed by atoms with Crippen molar-refractivity contribution in [2.24, 2.45) is 5.92 Å².